The molecule has 0 amide bonds. The zero-order chi connectivity index (χ0) is 18.0. The van der Waals surface area contributed by atoms with Gasteiger partial charge in [-0.3, -0.25) is 0 Å². The lowest BCUT2D eigenvalue weighted by Gasteiger charge is -2.33. The summed E-state index contributed by atoms with van der Waals surface area (Å²) in [4.78, 5) is 19.9. The fraction of sp³-hybridized carbons (Fsp3) is 0.579. The van der Waals surface area contributed by atoms with E-state index in [1.165, 1.54) is 5.56 Å². The number of hydrogen-bond acceptors (Lipinski definition) is 6. The molecule has 0 aromatic carbocycles. The molecular weight excluding hydrogens is 314 g/mol. The van der Waals surface area contributed by atoms with E-state index < -0.39 is 0 Å². The van der Waals surface area contributed by atoms with E-state index in [2.05, 4.69) is 31.8 Å². The highest BCUT2D eigenvalue weighted by Gasteiger charge is 2.22. The molecule has 0 radical (unpaired) electrons. The van der Waals surface area contributed by atoms with E-state index in [4.69, 9.17) is 4.74 Å². The minimum atomic E-state index is 0.550. The van der Waals surface area contributed by atoms with Crippen LogP contribution >= 0.6 is 0 Å². The molecular formula is C19H27N5O. The van der Waals surface area contributed by atoms with E-state index in [-0.39, 0.29) is 0 Å². The minimum absolute atomic E-state index is 0.550. The Hall–Kier alpha value is -2.24. The standard InChI is InChI=1S/C19H27N5O/c1-12-14(3)20-11-21-18(12)24-8-6-17(7-9-24)10-25-19-13(2)15(4)22-16(5)23-19/h11,17H,6-10H2,1-5H3. The minimum Gasteiger partial charge on any atom is -0.477 e. The molecule has 0 spiro atoms. The number of aromatic nitrogens is 4. The molecule has 2 aromatic rings. The molecule has 3 rings (SSSR count). The van der Waals surface area contributed by atoms with Crippen molar-refractivity contribution >= 4 is 5.82 Å². The van der Waals surface area contributed by atoms with Crippen molar-refractivity contribution in [2.45, 2.75) is 47.5 Å². The van der Waals surface area contributed by atoms with Crippen LogP contribution in [0.1, 0.15) is 41.2 Å². The highest BCUT2D eigenvalue weighted by Crippen LogP contribution is 2.26. The summed E-state index contributed by atoms with van der Waals surface area (Å²) < 4.78 is 6.03. The van der Waals surface area contributed by atoms with Crippen LogP contribution in [-0.4, -0.2) is 39.6 Å². The number of anilines is 1. The average Bonchev–Trinajstić information content (AvgIpc) is 2.60. The van der Waals surface area contributed by atoms with E-state index in [0.29, 0.717) is 12.5 Å². The summed E-state index contributed by atoms with van der Waals surface area (Å²) in [5.41, 5.74) is 4.27. The zero-order valence-electron chi connectivity index (χ0n) is 15.8. The first kappa shape index (κ1) is 17.6. The van der Waals surface area contributed by atoms with Gasteiger partial charge in [0.15, 0.2) is 0 Å². The molecule has 1 aliphatic rings. The van der Waals surface area contributed by atoms with Crippen LogP contribution in [0.4, 0.5) is 5.82 Å². The Balaban J connectivity index is 1.57. The van der Waals surface area contributed by atoms with E-state index >= 15 is 0 Å². The van der Waals surface area contributed by atoms with Gasteiger partial charge in [-0.1, -0.05) is 0 Å². The predicted octanol–water partition coefficient (Wildman–Crippen LogP) is 3.10. The molecule has 6 nitrogen and oxygen atoms in total. The predicted molar refractivity (Wildman–Crippen MR) is 98.2 cm³/mol. The summed E-state index contributed by atoms with van der Waals surface area (Å²) in [5.74, 6) is 3.12. The molecule has 0 unspecified atom stereocenters. The fourth-order valence-electron chi connectivity index (χ4n) is 3.23. The van der Waals surface area contributed by atoms with Gasteiger partial charge in [0, 0.05) is 35.6 Å². The molecule has 134 valence electrons. The second-order valence-corrected chi connectivity index (χ2v) is 6.94. The quantitative estimate of drug-likeness (QED) is 0.851. The summed E-state index contributed by atoms with van der Waals surface area (Å²) in [7, 11) is 0. The first-order valence-electron chi connectivity index (χ1n) is 8.93. The molecule has 2 aromatic heterocycles. The first-order valence-corrected chi connectivity index (χ1v) is 8.93. The molecule has 0 bridgehead atoms. The number of nitrogens with zero attached hydrogens (tertiary/aromatic N) is 5. The summed E-state index contributed by atoms with van der Waals surface area (Å²) >= 11 is 0. The van der Waals surface area contributed by atoms with Crippen LogP contribution in [0.15, 0.2) is 6.33 Å². The number of ether oxygens (including phenoxy) is 1. The second-order valence-electron chi connectivity index (χ2n) is 6.94. The molecule has 6 heteroatoms. The Labute approximate surface area is 149 Å². The number of piperidine rings is 1. The summed E-state index contributed by atoms with van der Waals surface area (Å²) in [6.07, 6.45) is 3.87. The van der Waals surface area contributed by atoms with E-state index in [1.54, 1.807) is 6.33 Å². The van der Waals surface area contributed by atoms with Gasteiger partial charge in [0.05, 0.1) is 6.61 Å². The third-order valence-corrected chi connectivity index (χ3v) is 5.14. The van der Waals surface area contributed by atoms with Crippen LogP contribution in [0.2, 0.25) is 0 Å². The van der Waals surface area contributed by atoms with Gasteiger partial charge in [-0.2, -0.15) is 4.98 Å². The first-order chi connectivity index (χ1) is 12.0. The van der Waals surface area contributed by atoms with Crippen molar-refractivity contribution in [1.29, 1.82) is 0 Å². The molecule has 1 aliphatic heterocycles. The van der Waals surface area contributed by atoms with Gasteiger partial charge >= 0.3 is 0 Å². The zero-order valence-corrected chi connectivity index (χ0v) is 15.8. The van der Waals surface area contributed by atoms with E-state index in [1.807, 2.05) is 27.7 Å². The summed E-state index contributed by atoms with van der Waals surface area (Å²) in [6, 6.07) is 0. The highest BCUT2D eigenvalue weighted by molar-refractivity contribution is 5.47. The molecule has 1 fully saturated rings. The molecule has 1 saturated heterocycles. The van der Waals surface area contributed by atoms with Crippen LogP contribution in [-0.2, 0) is 0 Å². The second kappa shape index (κ2) is 7.33. The highest BCUT2D eigenvalue weighted by atomic mass is 16.5. The lowest BCUT2D eigenvalue weighted by Crippen LogP contribution is -2.36. The van der Waals surface area contributed by atoms with Crippen molar-refractivity contribution in [3.8, 4) is 5.88 Å². The smallest absolute Gasteiger partial charge is 0.219 e. The lowest BCUT2D eigenvalue weighted by atomic mass is 9.97. The van der Waals surface area contributed by atoms with Gasteiger partial charge in [-0.05, 0) is 53.4 Å². The van der Waals surface area contributed by atoms with Gasteiger partial charge in [0.2, 0.25) is 5.88 Å². The molecule has 0 N–H and O–H groups in total. The largest absolute Gasteiger partial charge is 0.477 e. The van der Waals surface area contributed by atoms with Gasteiger partial charge < -0.3 is 9.64 Å². The van der Waals surface area contributed by atoms with Crippen LogP contribution in [0.3, 0.4) is 0 Å². The van der Waals surface area contributed by atoms with Crippen molar-refractivity contribution in [2.75, 3.05) is 24.6 Å². The SMILES string of the molecule is Cc1nc(C)c(C)c(OCC2CCN(c3ncnc(C)c3C)CC2)n1. The van der Waals surface area contributed by atoms with Gasteiger partial charge in [-0.25, -0.2) is 15.0 Å². The summed E-state index contributed by atoms with van der Waals surface area (Å²) in [6.45, 7) is 12.8. The van der Waals surface area contributed by atoms with E-state index in [0.717, 1.165) is 60.4 Å². The third-order valence-electron chi connectivity index (χ3n) is 5.14. The van der Waals surface area contributed by atoms with Crippen LogP contribution < -0.4 is 9.64 Å². The maximum absolute atomic E-state index is 6.03. The average molecular weight is 341 g/mol. The Morgan fingerprint density at radius 2 is 1.68 bits per heavy atom. The molecule has 3 heterocycles. The topological polar surface area (TPSA) is 64.0 Å². The van der Waals surface area contributed by atoms with Crippen molar-refractivity contribution < 1.29 is 4.74 Å². The maximum Gasteiger partial charge on any atom is 0.219 e. The Bertz CT molecular complexity index is 754. The Kier molecular flexibility index (Phi) is 5.16. The van der Waals surface area contributed by atoms with E-state index in [9.17, 15) is 0 Å². The van der Waals surface area contributed by atoms with Crippen LogP contribution in [0.5, 0.6) is 5.88 Å². The van der Waals surface area contributed by atoms with Crippen molar-refractivity contribution in [3.63, 3.8) is 0 Å². The number of hydrogen-bond donors (Lipinski definition) is 0. The maximum atomic E-state index is 6.03. The van der Waals surface area contributed by atoms with Gasteiger partial charge in [-0.15, -0.1) is 0 Å². The normalized spacial score (nSPS) is 15.5. The molecule has 0 atom stereocenters. The lowest BCUT2D eigenvalue weighted by molar-refractivity contribution is 0.214. The van der Waals surface area contributed by atoms with Gasteiger partial charge in [0.25, 0.3) is 0 Å². The number of rotatable bonds is 4. The van der Waals surface area contributed by atoms with Crippen molar-refractivity contribution in [2.24, 2.45) is 5.92 Å². The summed E-state index contributed by atoms with van der Waals surface area (Å²) in [5, 5.41) is 0. The van der Waals surface area contributed by atoms with Crippen molar-refractivity contribution in [1.82, 2.24) is 19.9 Å². The molecule has 0 aliphatic carbocycles. The Morgan fingerprint density at radius 3 is 2.40 bits per heavy atom. The van der Waals surface area contributed by atoms with Crippen LogP contribution in [0, 0.1) is 40.5 Å². The monoisotopic (exact) mass is 341 g/mol. The Morgan fingerprint density at radius 1 is 0.960 bits per heavy atom. The molecule has 25 heavy (non-hydrogen) atoms. The van der Waals surface area contributed by atoms with Crippen molar-refractivity contribution in [3.05, 3.63) is 34.7 Å². The van der Waals surface area contributed by atoms with Crippen LogP contribution in [0.25, 0.3) is 0 Å². The molecule has 0 saturated carbocycles. The van der Waals surface area contributed by atoms with Gasteiger partial charge in [0.1, 0.15) is 18.0 Å². The number of aryl methyl sites for hydroxylation is 3. The fourth-order valence-corrected chi connectivity index (χ4v) is 3.23. The third kappa shape index (κ3) is 3.89.